The normalized spacial score (nSPS) is 29.0. The number of unbranched alkanes of at least 4 members (excludes halogenated alkanes) is 15. The summed E-state index contributed by atoms with van der Waals surface area (Å²) in [7, 11) is 4.17. The number of ether oxygens (including phenoxy) is 1. The molecule has 5 heteroatoms. The van der Waals surface area contributed by atoms with Crippen LogP contribution in [0, 0.1) is 52.3 Å². The summed E-state index contributed by atoms with van der Waals surface area (Å²) in [5, 5.41) is 8.33. The van der Waals surface area contributed by atoms with Crippen molar-refractivity contribution in [2.75, 3.05) is 25.4 Å². The van der Waals surface area contributed by atoms with Gasteiger partial charge in [-0.15, -0.1) is 10.3 Å². The number of aliphatic hydroxyl groups excluding tert-OH is 1. The molecule has 4 rings (SSSR count). The Hall–Kier alpha value is -0.225. The lowest BCUT2D eigenvalue weighted by molar-refractivity contribution is -0.134. The molecule has 0 spiro atoms. The predicted molar refractivity (Wildman–Crippen MR) is 275 cm³/mol. The van der Waals surface area contributed by atoms with Crippen molar-refractivity contribution < 1.29 is 14.0 Å². The maximum Gasteiger partial charge on any atom is 0.168 e. The van der Waals surface area contributed by atoms with Crippen LogP contribution >= 0.6 is 10.3 Å². The molecule has 0 aliphatic heterocycles. The van der Waals surface area contributed by atoms with Crippen molar-refractivity contribution in [3.8, 4) is 0 Å². The Bertz CT molecular complexity index is 1160. The number of aliphatic hydroxyl groups is 1. The van der Waals surface area contributed by atoms with Crippen molar-refractivity contribution in [1.29, 1.82) is 0 Å². The van der Waals surface area contributed by atoms with E-state index >= 15 is 0 Å². The zero-order valence-electron chi connectivity index (χ0n) is 43.2. The van der Waals surface area contributed by atoms with Gasteiger partial charge in [-0.3, -0.25) is 0 Å². The summed E-state index contributed by atoms with van der Waals surface area (Å²) < 4.78 is 13.6. The number of rotatable bonds is 28. The second-order valence-corrected chi connectivity index (χ2v) is 25.4. The summed E-state index contributed by atoms with van der Waals surface area (Å²) in [4.78, 5) is 0. The third-order valence-electron chi connectivity index (χ3n) is 16.2. The monoisotopic (exact) mass is 871 g/mol. The van der Waals surface area contributed by atoms with Gasteiger partial charge in [0, 0.05) is 6.61 Å². The minimum atomic E-state index is -1.08. The number of allylic oxidation sites excluding steroid dienone is 3. The van der Waals surface area contributed by atoms with Crippen molar-refractivity contribution >= 4 is 18.2 Å². The molecule has 10 atom stereocenters. The van der Waals surface area contributed by atoms with E-state index in [1.165, 1.54) is 135 Å². The van der Waals surface area contributed by atoms with Crippen LogP contribution in [0.5, 0.6) is 0 Å². The highest BCUT2D eigenvalue weighted by Gasteiger charge is 2.59. The second kappa shape index (κ2) is 30.9. The van der Waals surface area contributed by atoms with Gasteiger partial charge in [0.05, 0.1) is 14.0 Å². The molecule has 0 aromatic carbocycles. The van der Waals surface area contributed by atoms with E-state index in [9.17, 15) is 0 Å². The molecule has 0 bridgehead atoms. The molecule has 1 N–H and O–H groups in total. The van der Waals surface area contributed by atoms with Gasteiger partial charge in [-0.2, -0.15) is 0 Å². The van der Waals surface area contributed by atoms with Crippen LogP contribution in [0.3, 0.4) is 0 Å². The highest BCUT2D eigenvalue weighted by Crippen LogP contribution is 2.67. The lowest BCUT2D eigenvalue weighted by Crippen LogP contribution is -2.51. The lowest BCUT2D eigenvalue weighted by atomic mass is 9.47. The minimum Gasteiger partial charge on any atom is -0.396 e. The molecular weight excluding hydrogens is 763 g/mol. The molecule has 61 heavy (non-hydrogen) atoms. The Morgan fingerprint density at radius 3 is 1.90 bits per heavy atom. The molecule has 4 aliphatic rings. The van der Waals surface area contributed by atoms with Crippen molar-refractivity contribution in [3.05, 3.63) is 23.8 Å². The van der Waals surface area contributed by atoms with Gasteiger partial charge in [0.25, 0.3) is 0 Å². The number of hydrogen-bond donors (Lipinski definition) is 1. The van der Waals surface area contributed by atoms with Gasteiger partial charge >= 0.3 is 0 Å². The standard InChI is InChI=1S/C48H88O2S.C6H13BO.C2H6/c1-11-13-14-15-16-17-18-19-20-21-22-23-24-25-46(50-51(8,9)10)49-41-32-34-47(6)40(36-41)28-29-42-44-31-30-43(48(44,7)35-33-45(42)47)38(5)26-27-39(12-2)37(3)4;7-5-3-1-2-4-6-8;1-2/h26-28,37-39,41-46H,11-25,29-36H2,1-10H3;8H,1-6H2;1-2H3/b27-26+;;. The third-order valence-corrected chi connectivity index (χ3v) is 16.9. The van der Waals surface area contributed by atoms with Crippen molar-refractivity contribution in [1.82, 2.24) is 0 Å². The molecule has 0 amide bonds. The molecule has 0 aromatic rings. The first kappa shape index (κ1) is 56.9. The zero-order chi connectivity index (χ0) is 45.3. The summed E-state index contributed by atoms with van der Waals surface area (Å²) in [6.45, 7) is 21.7. The molecule has 3 saturated carbocycles. The molecule has 4 aliphatic carbocycles. The Morgan fingerprint density at radius 1 is 0.754 bits per heavy atom. The first-order chi connectivity index (χ1) is 29.2. The molecule has 3 nitrogen and oxygen atoms in total. The SMILES string of the molecule is CC.CCCCCCCCCCCCCCCC(OC1CCC2(C)C(=CCC3C2CCC2(C)C(C(C)/C=C/C(CC)C(C)C)CCC32)C1)OS(C)(C)C.[B]CCCCCCO. The molecule has 3 fully saturated rings. The maximum atomic E-state index is 8.33. The molecule has 0 heterocycles. The summed E-state index contributed by atoms with van der Waals surface area (Å²) in [5.41, 5.74) is 2.64. The average molecular weight is 871 g/mol. The zero-order valence-corrected chi connectivity index (χ0v) is 44.0. The van der Waals surface area contributed by atoms with Crippen LogP contribution in [-0.2, 0) is 8.92 Å². The fraction of sp³-hybridized carbons (Fsp3) is 0.929. The summed E-state index contributed by atoms with van der Waals surface area (Å²) in [6, 6.07) is 0. The Labute approximate surface area is 386 Å². The highest BCUT2D eigenvalue weighted by molar-refractivity contribution is 8.28. The predicted octanol–water partition coefficient (Wildman–Crippen LogP) is 17.4. The van der Waals surface area contributed by atoms with Gasteiger partial charge < -0.3 is 14.0 Å². The molecule has 0 saturated heterocycles. The summed E-state index contributed by atoms with van der Waals surface area (Å²) >= 11 is 0. The van der Waals surface area contributed by atoms with E-state index in [1.54, 1.807) is 5.57 Å². The molecule has 358 valence electrons. The maximum absolute atomic E-state index is 8.33. The van der Waals surface area contributed by atoms with Gasteiger partial charge in [0.15, 0.2) is 6.29 Å². The second-order valence-electron chi connectivity index (χ2n) is 21.8. The van der Waals surface area contributed by atoms with Crippen LogP contribution in [0.1, 0.15) is 236 Å². The van der Waals surface area contributed by atoms with Gasteiger partial charge in [-0.05, 0) is 148 Å². The van der Waals surface area contributed by atoms with Crippen LogP contribution in [0.15, 0.2) is 23.8 Å². The van der Waals surface area contributed by atoms with Crippen LogP contribution in [0.2, 0.25) is 6.32 Å². The molecular formula is C56H107BO3S. The van der Waals surface area contributed by atoms with Crippen LogP contribution < -0.4 is 0 Å². The summed E-state index contributed by atoms with van der Waals surface area (Å²) in [6.07, 6.45) is 51.4. The van der Waals surface area contributed by atoms with Crippen LogP contribution in [0.25, 0.3) is 0 Å². The van der Waals surface area contributed by atoms with Crippen molar-refractivity contribution in [2.45, 2.75) is 254 Å². The van der Waals surface area contributed by atoms with E-state index in [1.807, 2.05) is 13.8 Å². The lowest BCUT2D eigenvalue weighted by Gasteiger charge is -2.58. The Kier molecular flexibility index (Phi) is 28.8. The topological polar surface area (TPSA) is 38.7 Å². The first-order valence-electron chi connectivity index (χ1n) is 26.9. The van der Waals surface area contributed by atoms with Gasteiger partial charge in [-0.1, -0.05) is 189 Å². The minimum absolute atomic E-state index is 0.0333. The largest absolute Gasteiger partial charge is 0.396 e. The van der Waals surface area contributed by atoms with Crippen molar-refractivity contribution in [3.63, 3.8) is 0 Å². The quantitative estimate of drug-likeness (QED) is 0.0368. The smallest absolute Gasteiger partial charge is 0.168 e. The van der Waals surface area contributed by atoms with Crippen LogP contribution in [0.4, 0.5) is 0 Å². The van der Waals surface area contributed by atoms with E-state index in [0.717, 1.165) is 80.4 Å². The van der Waals surface area contributed by atoms with E-state index in [2.05, 4.69) is 85.5 Å². The van der Waals surface area contributed by atoms with Gasteiger partial charge in [-0.25, -0.2) is 0 Å². The van der Waals surface area contributed by atoms with E-state index in [-0.39, 0.29) is 6.29 Å². The first-order valence-corrected chi connectivity index (χ1v) is 29.7. The van der Waals surface area contributed by atoms with E-state index in [0.29, 0.717) is 29.5 Å². The fourth-order valence-corrected chi connectivity index (χ4v) is 13.3. The van der Waals surface area contributed by atoms with E-state index < -0.39 is 10.3 Å². The van der Waals surface area contributed by atoms with Crippen molar-refractivity contribution in [2.24, 2.45) is 52.3 Å². The van der Waals surface area contributed by atoms with Crippen LogP contribution in [-0.4, -0.2) is 50.7 Å². The number of hydrogen-bond acceptors (Lipinski definition) is 3. The third kappa shape index (κ3) is 19.3. The molecule has 2 radical (unpaired) electrons. The highest BCUT2D eigenvalue weighted by atomic mass is 32.3. The molecule has 10 unspecified atom stereocenters. The fourth-order valence-electron chi connectivity index (χ4n) is 12.5. The Morgan fingerprint density at radius 2 is 1.34 bits per heavy atom. The Balaban J connectivity index is 0.00000115. The van der Waals surface area contributed by atoms with Gasteiger partial charge in [0.1, 0.15) is 0 Å². The van der Waals surface area contributed by atoms with E-state index in [4.69, 9.17) is 21.9 Å². The van der Waals surface area contributed by atoms with Gasteiger partial charge in [0.2, 0.25) is 0 Å². The number of fused-ring (bicyclic) bond motifs is 5. The molecule has 0 aromatic heterocycles. The average Bonchev–Trinajstić information content (AvgIpc) is 3.59. The summed E-state index contributed by atoms with van der Waals surface area (Å²) in [5.74, 6) is 5.67.